The van der Waals surface area contributed by atoms with E-state index < -0.39 is 0 Å². The summed E-state index contributed by atoms with van der Waals surface area (Å²) in [7, 11) is 0. The number of phenols is 2. The Balaban J connectivity index is 1.49. The first-order valence-corrected chi connectivity index (χ1v) is 11.7. The van der Waals surface area contributed by atoms with Gasteiger partial charge in [0.05, 0.1) is 5.56 Å². The molecular formula is C28H28N2O4. The average molecular weight is 457 g/mol. The lowest BCUT2D eigenvalue weighted by Crippen LogP contribution is -2.44. The second kappa shape index (κ2) is 9.61. The van der Waals surface area contributed by atoms with E-state index in [2.05, 4.69) is 17.4 Å². The summed E-state index contributed by atoms with van der Waals surface area (Å²) >= 11 is 0. The molecule has 6 heteroatoms. The van der Waals surface area contributed by atoms with Crippen LogP contribution < -0.4 is 10.1 Å². The van der Waals surface area contributed by atoms with Gasteiger partial charge in [0.25, 0.3) is 0 Å². The normalized spacial score (nSPS) is 16.8. The number of phenolic OH excluding ortho intramolecular Hbond substituents is 2. The van der Waals surface area contributed by atoms with E-state index in [1.807, 2.05) is 36.4 Å². The molecule has 6 nitrogen and oxygen atoms in total. The minimum Gasteiger partial charge on any atom is -0.508 e. The van der Waals surface area contributed by atoms with Gasteiger partial charge < -0.3 is 24.8 Å². The molecular weight excluding hydrogens is 428 g/mol. The first kappa shape index (κ1) is 22.0. The lowest BCUT2D eigenvalue weighted by molar-refractivity contribution is 0.152. The van der Waals surface area contributed by atoms with Crippen LogP contribution in [-0.2, 0) is 0 Å². The van der Waals surface area contributed by atoms with E-state index in [4.69, 9.17) is 9.26 Å². The van der Waals surface area contributed by atoms with E-state index in [9.17, 15) is 10.2 Å². The van der Waals surface area contributed by atoms with Gasteiger partial charge in [0.2, 0.25) is 0 Å². The third-order valence-electron chi connectivity index (χ3n) is 6.34. The highest BCUT2D eigenvalue weighted by molar-refractivity contribution is 5.90. The molecule has 0 amide bonds. The molecule has 0 bridgehead atoms. The predicted molar refractivity (Wildman–Crippen MR) is 132 cm³/mol. The van der Waals surface area contributed by atoms with E-state index in [1.165, 1.54) is 12.8 Å². The number of hydrogen-bond donors (Lipinski definition) is 3. The Morgan fingerprint density at radius 2 is 1.47 bits per heavy atom. The van der Waals surface area contributed by atoms with Crippen LogP contribution >= 0.6 is 0 Å². The summed E-state index contributed by atoms with van der Waals surface area (Å²) in [6.45, 7) is 3.16. The molecule has 2 unspecified atom stereocenters. The number of aromatic nitrogens is 1. The van der Waals surface area contributed by atoms with Gasteiger partial charge in [-0.2, -0.15) is 0 Å². The largest absolute Gasteiger partial charge is 0.508 e. The molecule has 1 fully saturated rings. The van der Waals surface area contributed by atoms with Crippen LogP contribution in [0.3, 0.4) is 0 Å². The smallest absolute Gasteiger partial charge is 0.175 e. The first-order chi connectivity index (χ1) is 16.6. The minimum atomic E-state index is 0.0851. The van der Waals surface area contributed by atoms with Crippen molar-refractivity contribution in [2.75, 3.05) is 6.54 Å². The zero-order chi connectivity index (χ0) is 23.5. The number of rotatable bonds is 6. The first-order valence-electron chi connectivity index (χ1n) is 11.7. The fourth-order valence-electron chi connectivity index (χ4n) is 4.46. The van der Waals surface area contributed by atoms with E-state index in [0.717, 1.165) is 41.0 Å². The van der Waals surface area contributed by atoms with Crippen LogP contribution in [0.5, 0.6) is 17.2 Å². The molecule has 1 aliphatic heterocycles. The highest BCUT2D eigenvalue weighted by Gasteiger charge is 2.23. The van der Waals surface area contributed by atoms with Crippen LogP contribution in [0.2, 0.25) is 0 Å². The van der Waals surface area contributed by atoms with Gasteiger partial charge in [-0.3, -0.25) is 0 Å². The van der Waals surface area contributed by atoms with Gasteiger partial charge in [-0.05, 0) is 92.5 Å². The number of nitrogens with one attached hydrogen (secondary N) is 1. The molecule has 3 aromatic carbocycles. The molecule has 34 heavy (non-hydrogen) atoms. The summed E-state index contributed by atoms with van der Waals surface area (Å²) in [5, 5.41) is 27.3. The van der Waals surface area contributed by atoms with Crippen LogP contribution in [0.15, 0.2) is 77.3 Å². The van der Waals surface area contributed by atoms with Crippen LogP contribution in [0.25, 0.3) is 33.7 Å². The number of benzene rings is 3. The van der Waals surface area contributed by atoms with E-state index in [0.29, 0.717) is 17.5 Å². The molecule has 2 atom stereocenters. The summed E-state index contributed by atoms with van der Waals surface area (Å²) in [6, 6.07) is 22.1. The predicted octanol–water partition coefficient (Wildman–Crippen LogP) is 6.00. The quantitative estimate of drug-likeness (QED) is 0.330. The number of aromatic hydroxyl groups is 2. The fourth-order valence-corrected chi connectivity index (χ4v) is 4.46. The van der Waals surface area contributed by atoms with Gasteiger partial charge >= 0.3 is 0 Å². The van der Waals surface area contributed by atoms with E-state index in [1.54, 1.807) is 36.4 Å². The highest BCUT2D eigenvalue weighted by Crippen LogP contribution is 2.41. The van der Waals surface area contributed by atoms with Gasteiger partial charge in [0.1, 0.15) is 29.0 Å². The summed E-state index contributed by atoms with van der Waals surface area (Å²) < 4.78 is 12.0. The fraction of sp³-hybridized carbons (Fsp3) is 0.250. The number of ether oxygens (including phenoxy) is 1. The van der Waals surface area contributed by atoms with Crippen molar-refractivity contribution < 1.29 is 19.5 Å². The average Bonchev–Trinajstić information content (AvgIpc) is 3.31. The summed E-state index contributed by atoms with van der Waals surface area (Å²) in [5.74, 6) is 1.80. The molecule has 0 spiro atoms. The SMILES string of the molecule is CC(Oc1ccc(-c2c(-c3ccc(O)cc3)noc2-c2ccc(O)cc2)cc1)C1CCCCN1. The standard InChI is InChI=1S/C28H28N2O4/c1-18(25-4-2-3-17-29-25)33-24-15-9-19(10-16-24)26-27(20-5-11-22(31)12-6-20)30-34-28(26)21-7-13-23(32)14-8-21/h5-16,18,25,29,31-32H,2-4,17H2,1H3. The molecule has 174 valence electrons. The maximum absolute atomic E-state index is 9.71. The molecule has 2 heterocycles. The van der Waals surface area contributed by atoms with Gasteiger partial charge in [-0.15, -0.1) is 0 Å². The molecule has 5 rings (SSSR count). The van der Waals surface area contributed by atoms with Crippen molar-refractivity contribution in [1.29, 1.82) is 0 Å². The molecule has 0 aliphatic carbocycles. The number of piperidine rings is 1. The Kier molecular flexibility index (Phi) is 6.23. The van der Waals surface area contributed by atoms with Crippen LogP contribution in [-0.4, -0.2) is 34.1 Å². The van der Waals surface area contributed by atoms with Crippen LogP contribution in [0, 0.1) is 0 Å². The Labute approximate surface area is 198 Å². The topological polar surface area (TPSA) is 87.8 Å². The Bertz CT molecular complexity index is 1160. The molecule has 1 aliphatic rings. The van der Waals surface area contributed by atoms with Crippen molar-refractivity contribution in [3.63, 3.8) is 0 Å². The van der Waals surface area contributed by atoms with Crippen molar-refractivity contribution in [3.05, 3.63) is 72.8 Å². The minimum absolute atomic E-state index is 0.0851. The molecule has 1 aromatic heterocycles. The third kappa shape index (κ3) is 4.63. The van der Waals surface area contributed by atoms with Crippen molar-refractivity contribution in [2.45, 2.75) is 38.3 Å². The zero-order valence-corrected chi connectivity index (χ0v) is 19.1. The highest BCUT2D eigenvalue weighted by atomic mass is 16.5. The number of hydrogen-bond acceptors (Lipinski definition) is 6. The van der Waals surface area contributed by atoms with Crippen molar-refractivity contribution in [3.8, 4) is 51.0 Å². The molecule has 0 radical (unpaired) electrons. The van der Waals surface area contributed by atoms with E-state index in [-0.39, 0.29) is 17.6 Å². The molecule has 0 saturated carbocycles. The maximum Gasteiger partial charge on any atom is 0.175 e. The van der Waals surface area contributed by atoms with Crippen LogP contribution in [0.4, 0.5) is 0 Å². The van der Waals surface area contributed by atoms with E-state index >= 15 is 0 Å². The Morgan fingerprint density at radius 1 is 0.853 bits per heavy atom. The van der Waals surface area contributed by atoms with Gasteiger partial charge in [-0.1, -0.05) is 23.7 Å². The second-order valence-corrected chi connectivity index (χ2v) is 8.73. The lowest BCUT2D eigenvalue weighted by atomic mass is 9.96. The number of nitrogens with zero attached hydrogens (tertiary/aromatic N) is 1. The summed E-state index contributed by atoms with van der Waals surface area (Å²) in [5.41, 5.74) is 4.09. The van der Waals surface area contributed by atoms with Crippen molar-refractivity contribution in [1.82, 2.24) is 10.5 Å². The monoisotopic (exact) mass is 456 g/mol. The molecule has 4 aromatic rings. The molecule has 1 saturated heterocycles. The zero-order valence-electron chi connectivity index (χ0n) is 19.1. The molecule has 3 N–H and O–H groups in total. The van der Waals surface area contributed by atoms with Gasteiger partial charge in [-0.25, -0.2) is 0 Å². The van der Waals surface area contributed by atoms with Crippen LogP contribution in [0.1, 0.15) is 26.2 Å². The van der Waals surface area contributed by atoms with Gasteiger partial charge in [0, 0.05) is 17.2 Å². The van der Waals surface area contributed by atoms with Crippen molar-refractivity contribution in [2.24, 2.45) is 0 Å². The Morgan fingerprint density at radius 3 is 2.09 bits per heavy atom. The Hall–Kier alpha value is -3.77. The maximum atomic E-state index is 9.71. The summed E-state index contributed by atoms with van der Waals surface area (Å²) in [6.07, 6.45) is 3.68. The van der Waals surface area contributed by atoms with Gasteiger partial charge in [0.15, 0.2) is 5.76 Å². The third-order valence-corrected chi connectivity index (χ3v) is 6.34. The summed E-state index contributed by atoms with van der Waals surface area (Å²) in [4.78, 5) is 0. The lowest BCUT2D eigenvalue weighted by Gasteiger charge is -2.29. The van der Waals surface area contributed by atoms with Crippen molar-refractivity contribution >= 4 is 0 Å². The second-order valence-electron chi connectivity index (χ2n) is 8.73.